The van der Waals surface area contributed by atoms with Crippen LogP contribution in [0.5, 0.6) is 0 Å². The number of aromatic nitrogens is 2. The standard InChI is InChI=1S/C17H24N4/c1-17(18-2)8-12-20(13-9-17)14-15-4-6-16(7-5-15)21-11-3-10-19-21/h3-7,10-11,18H,8-9,12-14H2,1-2H3. The van der Waals surface area contributed by atoms with Gasteiger partial charge in [-0.25, -0.2) is 4.68 Å². The average molecular weight is 284 g/mol. The third-order valence-corrected chi connectivity index (χ3v) is 4.67. The minimum Gasteiger partial charge on any atom is -0.314 e. The molecule has 0 bridgehead atoms. The molecule has 0 unspecified atom stereocenters. The fourth-order valence-corrected chi connectivity index (χ4v) is 2.89. The molecule has 112 valence electrons. The molecule has 1 N–H and O–H groups in total. The lowest BCUT2D eigenvalue weighted by atomic mass is 9.90. The van der Waals surface area contributed by atoms with Crippen molar-refractivity contribution in [1.82, 2.24) is 20.0 Å². The third kappa shape index (κ3) is 3.34. The van der Waals surface area contributed by atoms with E-state index in [-0.39, 0.29) is 0 Å². The van der Waals surface area contributed by atoms with Gasteiger partial charge in [0.2, 0.25) is 0 Å². The Labute approximate surface area is 126 Å². The Morgan fingerprint density at radius 2 is 1.90 bits per heavy atom. The van der Waals surface area contributed by atoms with E-state index >= 15 is 0 Å². The van der Waals surface area contributed by atoms with Crippen molar-refractivity contribution in [2.45, 2.75) is 31.8 Å². The van der Waals surface area contributed by atoms with Crippen molar-refractivity contribution in [3.05, 3.63) is 48.3 Å². The Hall–Kier alpha value is -1.65. The molecule has 0 saturated carbocycles. The number of nitrogens with zero attached hydrogens (tertiary/aromatic N) is 3. The molecular formula is C17H24N4. The molecule has 0 amide bonds. The lowest BCUT2D eigenvalue weighted by molar-refractivity contribution is 0.146. The Bertz CT molecular complexity index is 551. The molecule has 3 rings (SSSR count). The summed E-state index contributed by atoms with van der Waals surface area (Å²) in [6.45, 7) is 5.69. The van der Waals surface area contributed by atoms with E-state index in [9.17, 15) is 0 Å². The lowest BCUT2D eigenvalue weighted by Crippen LogP contribution is -2.49. The predicted octanol–water partition coefficient (Wildman–Crippen LogP) is 2.45. The summed E-state index contributed by atoms with van der Waals surface area (Å²) in [6.07, 6.45) is 6.21. The first-order valence-electron chi connectivity index (χ1n) is 7.69. The van der Waals surface area contributed by atoms with Crippen LogP contribution in [0.1, 0.15) is 25.3 Å². The maximum Gasteiger partial charge on any atom is 0.0645 e. The highest BCUT2D eigenvalue weighted by molar-refractivity contribution is 5.33. The molecule has 1 saturated heterocycles. The third-order valence-electron chi connectivity index (χ3n) is 4.67. The second-order valence-corrected chi connectivity index (χ2v) is 6.20. The van der Waals surface area contributed by atoms with Gasteiger partial charge in [0.05, 0.1) is 5.69 Å². The van der Waals surface area contributed by atoms with Crippen molar-refractivity contribution in [2.24, 2.45) is 0 Å². The van der Waals surface area contributed by atoms with Crippen molar-refractivity contribution in [3.63, 3.8) is 0 Å². The van der Waals surface area contributed by atoms with E-state index < -0.39 is 0 Å². The smallest absolute Gasteiger partial charge is 0.0645 e. The monoisotopic (exact) mass is 284 g/mol. The topological polar surface area (TPSA) is 33.1 Å². The van der Waals surface area contributed by atoms with Gasteiger partial charge in [-0.2, -0.15) is 5.10 Å². The summed E-state index contributed by atoms with van der Waals surface area (Å²) in [6, 6.07) is 10.7. The number of rotatable bonds is 4. The first-order valence-corrected chi connectivity index (χ1v) is 7.69. The zero-order valence-corrected chi connectivity index (χ0v) is 12.9. The minimum absolute atomic E-state index is 0.320. The van der Waals surface area contributed by atoms with Gasteiger partial charge in [0.25, 0.3) is 0 Å². The lowest BCUT2D eigenvalue weighted by Gasteiger charge is -2.39. The summed E-state index contributed by atoms with van der Waals surface area (Å²) in [5.41, 5.74) is 2.81. The highest BCUT2D eigenvalue weighted by Crippen LogP contribution is 2.22. The second-order valence-electron chi connectivity index (χ2n) is 6.20. The molecule has 2 heterocycles. The van der Waals surface area contributed by atoms with E-state index in [0.717, 1.165) is 25.3 Å². The first kappa shape index (κ1) is 14.3. The quantitative estimate of drug-likeness (QED) is 0.936. The number of likely N-dealkylation sites (tertiary alicyclic amines) is 1. The highest BCUT2D eigenvalue weighted by atomic mass is 15.3. The summed E-state index contributed by atoms with van der Waals surface area (Å²) in [5, 5.41) is 7.71. The molecule has 1 fully saturated rings. The van der Waals surface area contributed by atoms with Gasteiger partial charge in [-0.05, 0) is 50.6 Å². The number of hydrogen-bond donors (Lipinski definition) is 1. The Morgan fingerprint density at radius 1 is 1.19 bits per heavy atom. The van der Waals surface area contributed by atoms with Crippen molar-refractivity contribution < 1.29 is 0 Å². The molecular weight excluding hydrogens is 260 g/mol. The SMILES string of the molecule is CNC1(C)CCN(Cc2ccc(-n3cccn3)cc2)CC1. The maximum atomic E-state index is 4.26. The molecule has 0 radical (unpaired) electrons. The van der Waals surface area contributed by atoms with E-state index in [1.54, 1.807) is 6.20 Å². The molecule has 2 aromatic rings. The molecule has 1 aromatic heterocycles. The molecule has 0 spiro atoms. The van der Waals surface area contributed by atoms with E-state index in [2.05, 4.69) is 53.6 Å². The Morgan fingerprint density at radius 3 is 2.48 bits per heavy atom. The Balaban J connectivity index is 1.59. The zero-order chi connectivity index (χ0) is 14.7. The number of benzene rings is 1. The molecule has 4 heteroatoms. The van der Waals surface area contributed by atoms with Gasteiger partial charge in [0, 0.05) is 37.6 Å². The van der Waals surface area contributed by atoms with Crippen LogP contribution in [0.2, 0.25) is 0 Å². The average Bonchev–Trinajstić information content (AvgIpc) is 3.05. The van der Waals surface area contributed by atoms with Crippen LogP contribution in [0.3, 0.4) is 0 Å². The summed E-state index contributed by atoms with van der Waals surface area (Å²) in [5.74, 6) is 0. The van der Waals surface area contributed by atoms with Crippen LogP contribution in [-0.2, 0) is 6.54 Å². The summed E-state index contributed by atoms with van der Waals surface area (Å²) in [4.78, 5) is 2.54. The fraction of sp³-hybridized carbons (Fsp3) is 0.471. The van der Waals surface area contributed by atoms with E-state index in [1.807, 2.05) is 16.9 Å². The largest absolute Gasteiger partial charge is 0.314 e. The van der Waals surface area contributed by atoms with Crippen molar-refractivity contribution in [1.29, 1.82) is 0 Å². The van der Waals surface area contributed by atoms with Crippen molar-refractivity contribution in [3.8, 4) is 5.69 Å². The fourth-order valence-electron chi connectivity index (χ4n) is 2.89. The van der Waals surface area contributed by atoms with Gasteiger partial charge in [0.1, 0.15) is 0 Å². The zero-order valence-electron chi connectivity index (χ0n) is 12.9. The second kappa shape index (κ2) is 6.00. The summed E-state index contributed by atoms with van der Waals surface area (Å²) in [7, 11) is 2.07. The van der Waals surface area contributed by atoms with Crippen molar-refractivity contribution >= 4 is 0 Å². The van der Waals surface area contributed by atoms with Crippen LogP contribution in [-0.4, -0.2) is 40.4 Å². The van der Waals surface area contributed by atoms with E-state index in [4.69, 9.17) is 0 Å². The van der Waals surface area contributed by atoms with Gasteiger partial charge in [0.15, 0.2) is 0 Å². The van der Waals surface area contributed by atoms with E-state index in [1.165, 1.54) is 18.4 Å². The van der Waals surface area contributed by atoms with Crippen LogP contribution >= 0.6 is 0 Å². The van der Waals surface area contributed by atoms with E-state index in [0.29, 0.717) is 5.54 Å². The molecule has 1 aromatic carbocycles. The van der Waals surface area contributed by atoms with Gasteiger partial charge in [-0.1, -0.05) is 12.1 Å². The number of piperidine rings is 1. The first-order chi connectivity index (χ1) is 10.2. The molecule has 21 heavy (non-hydrogen) atoms. The van der Waals surface area contributed by atoms with Gasteiger partial charge >= 0.3 is 0 Å². The molecule has 0 atom stereocenters. The summed E-state index contributed by atoms with van der Waals surface area (Å²) >= 11 is 0. The number of hydrogen-bond acceptors (Lipinski definition) is 3. The minimum atomic E-state index is 0.320. The Kier molecular flexibility index (Phi) is 4.08. The highest BCUT2D eigenvalue weighted by Gasteiger charge is 2.27. The van der Waals surface area contributed by atoms with Gasteiger partial charge in [-0.15, -0.1) is 0 Å². The molecule has 0 aliphatic carbocycles. The molecule has 1 aliphatic rings. The van der Waals surface area contributed by atoms with Gasteiger partial charge < -0.3 is 5.32 Å². The van der Waals surface area contributed by atoms with Crippen LogP contribution in [0.15, 0.2) is 42.7 Å². The van der Waals surface area contributed by atoms with Crippen LogP contribution in [0.4, 0.5) is 0 Å². The molecule has 1 aliphatic heterocycles. The predicted molar refractivity (Wildman–Crippen MR) is 85.5 cm³/mol. The normalized spacial score (nSPS) is 18.8. The van der Waals surface area contributed by atoms with Gasteiger partial charge in [-0.3, -0.25) is 4.90 Å². The number of nitrogens with one attached hydrogen (secondary N) is 1. The van der Waals surface area contributed by atoms with Crippen LogP contribution in [0, 0.1) is 0 Å². The molecule has 4 nitrogen and oxygen atoms in total. The van der Waals surface area contributed by atoms with Crippen molar-refractivity contribution in [2.75, 3.05) is 20.1 Å². The van der Waals surface area contributed by atoms with Crippen LogP contribution in [0.25, 0.3) is 5.69 Å². The summed E-state index contributed by atoms with van der Waals surface area (Å²) < 4.78 is 1.89. The maximum absolute atomic E-state index is 4.26. The van der Waals surface area contributed by atoms with Crippen LogP contribution < -0.4 is 5.32 Å².